The fraction of sp³-hybridized carbons (Fsp3) is 0.833. The van der Waals surface area contributed by atoms with Crippen molar-refractivity contribution >= 4 is 0 Å². The van der Waals surface area contributed by atoms with Crippen LogP contribution in [-0.4, -0.2) is 32.1 Å². The van der Waals surface area contributed by atoms with Gasteiger partial charge in [0.25, 0.3) is 0 Å². The number of ether oxygens (including phenoxy) is 2. The van der Waals surface area contributed by atoms with Gasteiger partial charge in [-0.25, -0.2) is 0 Å². The van der Waals surface area contributed by atoms with Crippen LogP contribution < -0.4 is 5.32 Å². The summed E-state index contributed by atoms with van der Waals surface area (Å²) in [5.41, 5.74) is 0. The summed E-state index contributed by atoms with van der Waals surface area (Å²) in [7, 11) is 0. The van der Waals surface area contributed by atoms with Gasteiger partial charge in [0.05, 0.1) is 6.04 Å². The maximum absolute atomic E-state index is 5.40. The van der Waals surface area contributed by atoms with Crippen LogP contribution in [0.2, 0.25) is 0 Å². The smallest absolute Gasteiger partial charge is 0.169 e. The van der Waals surface area contributed by atoms with Crippen LogP contribution in [0.5, 0.6) is 0 Å². The van der Waals surface area contributed by atoms with Crippen molar-refractivity contribution < 1.29 is 9.47 Å². The Kier molecular flexibility index (Phi) is 9.60. The number of rotatable bonds is 9. The van der Waals surface area contributed by atoms with Gasteiger partial charge in [-0.2, -0.15) is 0 Å². The van der Waals surface area contributed by atoms with E-state index in [4.69, 9.17) is 15.9 Å². The van der Waals surface area contributed by atoms with Crippen LogP contribution in [0.1, 0.15) is 33.6 Å². The molecule has 0 aliphatic rings. The average Bonchev–Trinajstić information content (AvgIpc) is 2.24. The molecule has 3 heteroatoms. The molecule has 0 aromatic heterocycles. The highest BCUT2D eigenvalue weighted by Crippen LogP contribution is 1.98. The van der Waals surface area contributed by atoms with Gasteiger partial charge in [-0.15, -0.1) is 6.42 Å². The predicted molar refractivity (Wildman–Crippen MR) is 62.6 cm³/mol. The first-order valence-electron chi connectivity index (χ1n) is 5.71. The zero-order valence-corrected chi connectivity index (χ0v) is 10.1. The lowest BCUT2D eigenvalue weighted by Crippen LogP contribution is -2.37. The molecular weight excluding hydrogens is 190 g/mol. The topological polar surface area (TPSA) is 30.5 Å². The van der Waals surface area contributed by atoms with Gasteiger partial charge in [-0.1, -0.05) is 19.3 Å². The van der Waals surface area contributed by atoms with Crippen molar-refractivity contribution in [2.75, 3.05) is 19.8 Å². The standard InChI is InChI=1S/C12H23NO2/c1-5-9-11(6-2)13-10-12(14-7-3)15-8-4/h2,11-13H,5,7-10H2,1,3-4H3. The van der Waals surface area contributed by atoms with Crippen LogP contribution in [0.25, 0.3) is 0 Å². The summed E-state index contributed by atoms with van der Waals surface area (Å²) in [5, 5.41) is 3.25. The van der Waals surface area contributed by atoms with Crippen molar-refractivity contribution in [3.05, 3.63) is 0 Å². The number of hydrogen-bond donors (Lipinski definition) is 1. The number of hydrogen-bond acceptors (Lipinski definition) is 3. The molecule has 0 aromatic carbocycles. The zero-order valence-electron chi connectivity index (χ0n) is 10.1. The minimum atomic E-state index is -0.187. The van der Waals surface area contributed by atoms with Crippen LogP contribution in [0.15, 0.2) is 0 Å². The highest BCUT2D eigenvalue weighted by atomic mass is 16.7. The molecule has 0 rings (SSSR count). The lowest BCUT2D eigenvalue weighted by molar-refractivity contribution is -0.133. The Labute approximate surface area is 93.5 Å². The molecule has 1 N–H and O–H groups in total. The second-order valence-corrected chi connectivity index (χ2v) is 3.26. The quantitative estimate of drug-likeness (QED) is 0.468. The van der Waals surface area contributed by atoms with Gasteiger partial charge >= 0.3 is 0 Å². The van der Waals surface area contributed by atoms with Crippen molar-refractivity contribution in [2.45, 2.75) is 45.9 Å². The Hall–Kier alpha value is -0.560. The predicted octanol–water partition coefficient (Wildman–Crippen LogP) is 1.78. The van der Waals surface area contributed by atoms with Crippen LogP contribution in [-0.2, 0) is 9.47 Å². The maximum Gasteiger partial charge on any atom is 0.169 e. The van der Waals surface area contributed by atoms with Crippen molar-refractivity contribution in [1.82, 2.24) is 5.32 Å². The van der Waals surface area contributed by atoms with E-state index in [0.29, 0.717) is 19.8 Å². The first-order chi connectivity index (χ1) is 7.28. The van der Waals surface area contributed by atoms with Crippen LogP contribution in [0.3, 0.4) is 0 Å². The second kappa shape index (κ2) is 9.97. The molecule has 0 aliphatic heterocycles. The third-order valence-corrected chi connectivity index (χ3v) is 2.01. The third kappa shape index (κ3) is 7.38. The Morgan fingerprint density at radius 2 is 1.80 bits per heavy atom. The van der Waals surface area contributed by atoms with Crippen LogP contribution in [0.4, 0.5) is 0 Å². The van der Waals surface area contributed by atoms with Crippen molar-refractivity contribution in [3.63, 3.8) is 0 Å². The Morgan fingerprint density at radius 1 is 1.20 bits per heavy atom. The molecule has 0 fully saturated rings. The fourth-order valence-electron chi connectivity index (χ4n) is 1.31. The Balaban J connectivity index is 3.80. The SMILES string of the molecule is C#CC(CCC)NCC(OCC)OCC. The van der Waals surface area contributed by atoms with E-state index in [-0.39, 0.29) is 12.3 Å². The third-order valence-electron chi connectivity index (χ3n) is 2.01. The van der Waals surface area contributed by atoms with Crippen LogP contribution in [0, 0.1) is 12.3 Å². The fourth-order valence-corrected chi connectivity index (χ4v) is 1.31. The van der Waals surface area contributed by atoms with E-state index in [2.05, 4.69) is 18.2 Å². The summed E-state index contributed by atoms with van der Waals surface area (Å²) in [4.78, 5) is 0. The summed E-state index contributed by atoms with van der Waals surface area (Å²) >= 11 is 0. The molecule has 1 atom stereocenters. The highest BCUT2D eigenvalue weighted by molar-refractivity contribution is 4.98. The molecule has 0 amide bonds. The monoisotopic (exact) mass is 213 g/mol. The summed E-state index contributed by atoms with van der Waals surface area (Å²) in [6.07, 6.45) is 7.28. The lowest BCUT2D eigenvalue weighted by atomic mass is 10.2. The molecule has 0 bridgehead atoms. The first-order valence-corrected chi connectivity index (χ1v) is 5.71. The zero-order chi connectivity index (χ0) is 11.5. The molecule has 0 aromatic rings. The molecule has 0 heterocycles. The van der Waals surface area contributed by atoms with E-state index in [1.807, 2.05) is 13.8 Å². The average molecular weight is 213 g/mol. The first kappa shape index (κ1) is 14.4. The molecular formula is C12H23NO2. The van der Waals surface area contributed by atoms with Gasteiger partial charge in [0.1, 0.15) is 0 Å². The van der Waals surface area contributed by atoms with Crippen LogP contribution >= 0.6 is 0 Å². The maximum atomic E-state index is 5.40. The van der Waals surface area contributed by atoms with Gasteiger partial charge in [0, 0.05) is 19.8 Å². The molecule has 0 aliphatic carbocycles. The van der Waals surface area contributed by atoms with Crippen molar-refractivity contribution in [3.8, 4) is 12.3 Å². The van der Waals surface area contributed by atoms with Gasteiger partial charge in [-0.3, -0.25) is 5.32 Å². The lowest BCUT2D eigenvalue weighted by Gasteiger charge is -2.19. The minimum absolute atomic E-state index is 0.124. The summed E-state index contributed by atoms with van der Waals surface area (Å²) in [5.74, 6) is 2.72. The molecule has 0 saturated carbocycles. The molecule has 3 nitrogen and oxygen atoms in total. The van der Waals surface area contributed by atoms with E-state index in [1.165, 1.54) is 0 Å². The van der Waals surface area contributed by atoms with Gasteiger partial charge in [-0.05, 0) is 20.3 Å². The highest BCUT2D eigenvalue weighted by Gasteiger charge is 2.10. The van der Waals surface area contributed by atoms with E-state index in [9.17, 15) is 0 Å². The minimum Gasteiger partial charge on any atom is -0.352 e. The summed E-state index contributed by atoms with van der Waals surface area (Å²) < 4.78 is 10.8. The molecule has 15 heavy (non-hydrogen) atoms. The van der Waals surface area contributed by atoms with Crippen molar-refractivity contribution in [2.24, 2.45) is 0 Å². The van der Waals surface area contributed by atoms with E-state index in [1.54, 1.807) is 0 Å². The molecule has 0 saturated heterocycles. The molecule has 0 spiro atoms. The van der Waals surface area contributed by atoms with Gasteiger partial charge in [0.15, 0.2) is 6.29 Å². The Morgan fingerprint density at radius 3 is 2.20 bits per heavy atom. The normalized spacial score (nSPS) is 12.7. The number of terminal acetylenes is 1. The van der Waals surface area contributed by atoms with Gasteiger partial charge in [0.2, 0.25) is 0 Å². The largest absolute Gasteiger partial charge is 0.352 e. The summed E-state index contributed by atoms with van der Waals surface area (Å²) in [6.45, 7) is 7.99. The second-order valence-electron chi connectivity index (χ2n) is 3.26. The molecule has 0 radical (unpaired) electrons. The molecule has 88 valence electrons. The van der Waals surface area contributed by atoms with Crippen molar-refractivity contribution in [1.29, 1.82) is 0 Å². The van der Waals surface area contributed by atoms with Gasteiger partial charge < -0.3 is 9.47 Å². The summed E-state index contributed by atoms with van der Waals surface area (Å²) in [6, 6.07) is 0.124. The number of nitrogens with one attached hydrogen (secondary N) is 1. The van der Waals surface area contributed by atoms with E-state index < -0.39 is 0 Å². The Bertz CT molecular complexity index is 171. The van der Waals surface area contributed by atoms with E-state index in [0.717, 1.165) is 12.8 Å². The van der Waals surface area contributed by atoms with E-state index >= 15 is 0 Å². The molecule has 1 unspecified atom stereocenters.